The van der Waals surface area contributed by atoms with Gasteiger partial charge in [-0.1, -0.05) is 5.16 Å². The van der Waals surface area contributed by atoms with Gasteiger partial charge in [0.05, 0.1) is 17.8 Å². The summed E-state index contributed by atoms with van der Waals surface area (Å²) >= 11 is 5.94. The zero-order chi connectivity index (χ0) is 15.7. The van der Waals surface area contributed by atoms with Crippen LogP contribution >= 0.6 is 11.6 Å². The zero-order valence-electron chi connectivity index (χ0n) is 12.8. The van der Waals surface area contributed by atoms with Crippen LogP contribution in [0.25, 0.3) is 0 Å². The second kappa shape index (κ2) is 6.12. The molecule has 7 heteroatoms. The first kappa shape index (κ1) is 15.1. The minimum absolute atomic E-state index is 0.0637. The number of carbonyl (C=O) groups is 1. The van der Waals surface area contributed by atoms with Crippen molar-refractivity contribution >= 4 is 17.5 Å². The molecule has 1 saturated heterocycles. The monoisotopic (exact) mass is 322 g/mol. The van der Waals surface area contributed by atoms with Crippen LogP contribution in [0.4, 0.5) is 0 Å². The van der Waals surface area contributed by atoms with E-state index >= 15 is 0 Å². The van der Waals surface area contributed by atoms with Gasteiger partial charge in [0, 0.05) is 37.8 Å². The van der Waals surface area contributed by atoms with Gasteiger partial charge in [-0.3, -0.25) is 9.48 Å². The summed E-state index contributed by atoms with van der Waals surface area (Å²) in [6, 6.07) is 2.03. The molecular weight excluding hydrogens is 304 g/mol. The molecule has 0 N–H and O–H groups in total. The average Bonchev–Trinajstić information content (AvgIpc) is 3.08. The third-order valence-electron chi connectivity index (χ3n) is 4.19. The van der Waals surface area contributed by atoms with Crippen LogP contribution in [0.3, 0.4) is 0 Å². The van der Waals surface area contributed by atoms with Crippen LogP contribution in [0.1, 0.15) is 35.7 Å². The van der Waals surface area contributed by atoms with Crippen molar-refractivity contribution in [3.05, 3.63) is 34.4 Å². The first-order valence-electron chi connectivity index (χ1n) is 7.42. The van der Waals surface area contributed by atoms with Gasteiger partial charge in [0.15, 0.2) is 0 Å². The number of amides is 1. The molecule has 118 valence electrons. The van der Waals surface area contributed by atoms with Gasteiger partial charge in [0.1, 0.15) is 0 Å². The molecular formula is C15H19ClN4O2. The van der Waals surface area contributed by atoms with Crippen LogP contribution < -0.4 is 0 Å². The Morgan fingerprint density at radius 2 is 2.36 bits per heavy atom. The van der Waals surface area contributed by atoms with Crippen LogP contribution in [0, 0.1) is 6.92 Å². The summed E-state index contributed by atoms with van der Waals surface area (Å²) in [5, 5.41) is 8.47. The number of aryl methyl sites for hydroxylation is 2. The molecule has 1 amide bonds. The predicted octanol–water partition coefficient (Wildman–Crippen LogP) is 2.32. The second-order valence-electron chi connectivity index (χ2n) is 5.79. The van der Waals surface area contributed by atoms with Crippen molar-refractivity contribution in [3.63, 3.8) is 0 Å². The molecule has 1 unspecified atom stereocenters. The molecule has 0 radical (unpaired) electrons. The van der Waals surface area contributed by atoms with E-state index in [0.29, 0.717) is 23.7 Å². The lowest BCUT2D eigenvalue weighted by molar-refractivity contribution is -0.131. The quantitative estimate of drug-likeness (QED) is 0.870. The van der Waals surface area contributed by atoms with Crippen molar-refractivity contribution in [2.24, 2.45) is 7.05 Å². The van der Waals surface area contributed by atoms with E-state index in [1.165, 1.54) is 0 Å². The first-order chi connectivity index (χ1) is 10.5. The summed E-state index contributed by atoms with van der Waals surface area (Å²) in [5.74, 6) is 0.367. The summed E-state index contributed by atoms with van der Waals surface area (Å²) < 4.78 is 6.71. The topological polar surface area (TPSA) is 64.2 Å². The van der Waals surface area contributed by atoms with Gasteiger partial charge < -0.3 is 9.42 Å². The normalized spacial score (nSPS) is 18.7. The summed E-state index contributed by atoms with van der Waals surface area (Å²) in [6.45, 7) is 3.28. The fraction of sp³-hybridized carbons (Fsp3) is 0.533. The maximum Gasteiger partial charge on any atom is 0.229 e. The molecule has 2 aromatic heterocycles. The molecule has 0 aliphatic carbocycles. The molecule has 1 fully saturated rings. The zero-order valence-corrected chi connectivity index (χ0v) is 13.5. The lowest BCUT2D eigenvalue weighted by Gasteiger charge is -2.32. The van der Waals surface area contributed by atoms with Crippen LogP contribution in [0.15, 0.2) is 16.8 Å². The van der Waals surface area contributed by atoms with Crippen LogP contribution in [0.2, 0.25) is 5.22 Å². The highest BCUT2D eigenvalue weighted by Crippen LogP contribution is 2.27. The number of nitrogens with zero attached hydrogens (tertiary/aromatic N) is 4. The van der Waals surface area contributed by atoms with Crippen molar-refractivity contribution in [1.82, 2.24) is 19.8 Å². The van der Waals surface area contributed by atoms with Crippen molar-refractivity contribution in [1.29, 1.82) is 0 Å². The van der Waals surface area contributed by atoms with Gasteiger partial charge in [0.25, 0.3) is 0 Å². The van der Waals surface area contributed by atoms with Crippen LogP contribution in [-0.2, 0) is 18.3 Å². The number of aromatic nitrogens is 3. The highest BCUT2D eigenvalue weighted by Gasteiger charge is 2.27. The van der Waals surface area contributed by atoms with Crippen molar-refractivity contribution in [2.75, 3.05) is 13.1 Å². The van der Waals surface area contributed by atoms with Gasteiger partial charge in [-0.05, 0) is 37.4 Å². The first-order valence-corrected chi connectivity index (χ1v) is 7.80. The lowest BCUT2D eigenvalue weighted by Crippen LogP contribution is -2.40. The second-order valence-corrected chi connectivity index (χ2v) is 6.13. The third-order valence-corrected chi connectivity index (χ3v) is 4.49. The molecule has 0 saturated carbocycles. The summed E-state index contributed by atoms with van der Waals surface area (Å²) in [5.41, 5.74) is 2.42. The number of halogens is 1. The number of hydrogen-bond acceptors (Lipinski definition) is 4. The van der Waals surface area contributed by atoms with E-state index in [1.807, 2.05) is 24.2 Å². The van der Waals surface area contributed by atoms with E-state index in [0.717, 1.165) is 25.1 Å². The molecule has 2 aromatic rings. The molecule has 0 spiro atoms. The van der Waals surface area contributed by atoms with E-state index in [4.69, 9.17) is 16.1 Å². The number of hydrogen-bond donors (Lipinski definition) is 0. The molecule has 6 nitrogen and oxygen atoms in total. The number of carbonyl (C=O) groups excluding carboxylic acids is 1. The Morgan fingerprint density at radius 3 is 3.00 bits per heavy atom. The minimum atomic E-state index is 0.0637. The number of likely N-dealkylation sites (tertiary alicyclic amines) is 1. The Hall–Kier alpha value is -1.82. The smallest absolute Gasteiger partial charge is 0.229 e. The Bertz CT molecular complexity index is 659. The molecule has 0 bridgehead atoms. The van der Waals surface area contributed by atoms with E-state index in [2.05, 4.69) is 10.3 Å². The van der Waals surface area contributed by atoms with Crippen molar-refractivity contribution in [2.45, 2.75) is 32.1 Å². The van der Waals surface area contributed by atoms with E-state index in [-0.39, 0.29) is 17.5 Å². The Morgan fingerprint density at radius 1 is 1.55 bits per heavy atom. The third kappa shape index (κ3) is 3.02. The highest BCUT2D eigenvalue weighted by molar-refractivity contribution is 6.29. The Kier molecular flexibility index (Phi) is 4.20. The van der Waals surface area contributed by atoms with Crippen LogP contribution in [-0.4, -0.2) is 38.8 Å². The molecule has 1 atom stereocenters. The maximum atomic E-state index is 12.5. The van der Waals surface area contributed by atoms with Gasteiger partial charge in [-0.15, -0.1) is 0 Å². The standard InChI is InChI=1S/C15H19ClN4O2/c1-10-12(15(16)22-18-10)8-14(21)20-6-3-4-11(9-20)13-5-7-19(2)17-13/h5,7,11H,3-4,6,8-9H2,1-2H3. The Balaban J connectivity index is 1.68. The number of piperidine rings is 1. The van der Waals surface area contributed by atoms with Crippen molar-refractivity contribution in [3.8, 4) is 0 Å². The van der Waals surface area contributed by atoms with Gasteiger partial charge in [-0.25, -0.2) is 0 Å². The fourth-order valence-electron chi connectivity index (χ4n) is 2.92. The van der Waals surface area contributed by atoms with Gasteiger partial charge in [0.2, 0.25) is 11.1 Å². The summed E-state index contributed by atoms with van der Waals surface area (Å²) in [6.07, 6.45) is 4.23. The Labute approximate surface area is 134 Å². The maximum absolute atomic E-state index is 12.5. The van der Waals surface area contributed by atoms with Gasteiger partial charge in [-0.2, -0.15) is 5.10 Å². The molecule has 0 aromatic carbocycles. The van der Waals surface area contributed by atoms with Crippen LogP contribution in [0.5, 0.6) is 0 Å². The predicted molar refractivity (Wildman–Crippen MR) is 81.7 cm³/mol. The SMILES string of the molecule is Cc1noc(Cl)c1CC(=O)N1CCCC(c2ccn(C)n2)C1. The van der Waals surface area contributed by atoms with E-state index in [9.17, 15) is 4.79 Å². The van der Waals surface area contributed by atoms with E-state index < -0.39 is 0 Å². The largest absolute Gasteiger partial charge is 0.344 e. The van der Waals surface area contributed by atoms with Gasteiger partial charge >= 0.3 is 0 Å². The average molecular weight is 323 g/mol. The molecule has 1 aliphatic rings. The lowest BCUT2D eigenvalue weighted by atomic mass is 9.94. The summed E-state index contributed by atoms with van der Waals surface area (Å²) in [4.78, 5) is 14.4. The fourth-order valence-corrected chi connectivity index (χ4v) is 3.16. The minimum Gasteiger partial charge on any atom is -0.344 e. The van der Waals surface area contributed by atoms with E-state index in [1.54, 1.807) is 11.6 Å². The number of rotatable bonds is 3. The highest BCUT2D eigenvalue weighted by atomic mass is 35.5. The molecule has 3 heterocycles. The molecule has 22 heavy (non-hydrogen) atoms. The van der Waals surface area contributed by atoms with Crippen molar-refractivity contribution < 1.29 is 9.32 Å². The summed E-state index contributed by atoms with van der Waals surface area (Å²) in [7, 11) is 1.91. The molecule has 1 aliphatic heterocycles. The molecule has 3 rings (SSSR count).